The first-order valence-corrected chi connectivity index (χ1v) is 8.04. The Morgan fingerprint density at radius 2 is 2.14 bits per heavy atom. The maximum Gasteiger partial charge on any atom is 0.233 e. The van der Waals surface area contributed by atoms with Crippen LogP contribution in [0.5, 0.6) is 5.75 Å². The second-order valence-corrected chi connectivity index (χ2v) is 5.94. The van der Waals surface area contributed by atoms with E-state index in [0.717, 1.165) is 30.3 Å². The average Bonchev–Trinajstić information content (AvgIpc) is 2.46. The van der Waals surface area contributed by atoms with Gasteiger partial charge in [0, 0.05) is 30.6 Å². The quantitative estimate of drug-likeness (QED) is 0.842. The lowest BCUT2D eigenvalue weighted by atomic mass is 10.2. The van der Waals surface area contributed by atoms with Crippen LogP contribution < -0.4 is 10.1 Å². The maximum absolute atomic E-state index is 12.1. The minimum absolute atomic E-state index is 0. The number of nitrogens with zero attached hydrogens (tertiary/aromatic N) is 1. The Morgan fingerprint density at radius 1 is 1.43 bits per heavy atom. The maximum atomic E-state index is 12.1. The highest BCUT2D eigenvalue weighted by Crippen LogP contribution is 2.22. The van der Waals surface area contributed by atoms with E-state index >= 15 is 0 Å². The van der Waals surface area contributed by atoms with Crippen LogP contribution in [0, 0.1) is 0 Å². The van der Waals surface area contributed by atoms with Gasteiger partial charge in [-0.2, -0.15) is 0 Å². The molecule has 118 valence electrons. The molecule has 1 atom stereocenters. The van der Waals surface area contributed by atoms with E-state index in [9.17, 15) is 4.79 Å². The molecule has 0 aromatic heterocycles. The molecule has 0 bridgehead atoms. The lowest BCUT2D eigenvalue weighted by molar-refractivity contribution is -0.129. The minimum Gasteiger partial charge on any atom is -0.494 e. The van der Waals surface area contributed by atoms with Crippen LogP contribution >= 0.6 is 24.2 Å². The zero-order valence-corrected chi connectivity index (χ0v) is 14.1. The van der Waals surface area contributed by atoms with E-state index in [2.05, 4.69) is 12.2 Å². The second kappa shape index (κ2) is 9.18. The monoisotopic (exact) mass is 330 g/mol. The molecular formula is C15H23ClN2O2S. The number of nitrogens with one attached hydrogen (secondary N) is 1. The first-order chi connectivity index (χ1) is 9.69. The van der Waals surface area contributed by atoms with Crippen LogP contribution in [0.15, 0.2) is 29.2 Å². The molecule has 4 nitrogen and oxygen atoms in total. The van der Waals surface area contributed by atoms with Gasteiger partial charge in [-0.15, -0.1) is 24.2 Å². The van der Waals surface area contributed by atoms with E-state index in [1.54, 1.807) is 11.8 Å². The molecule has 1 unspecified atom stereocenters. The third kappa shape index (κ3) is 5.77. The van der Waals surface area contributed by atoms with Crippen molar-refractivity contribution >= 4 is 30.1 Å². The number of rotatable bonds is 5. The van der Waals surface area contributed by atoms with Crippen LogP contribution in [0.1, 0.15) is 13.8 Å². The van der Waals surface area contributed by atoms with Crippen molar-refractivity contribution in [1.29, 1.82) is 0 Å². The number of carbonyl (C=O) groups is 1. The van der Waals surface area contributed by atoms with Gasteiger partial charge in [-0.25, -0.2) is 0 Å². The predicted molar refractivity (Wildman–Crippen MR) is 89.6 cm³/mol. The fourth-order valence-corrected chi connectivity index (χ4v) is 3.00. The Balaban J connectivity index is 0.00000220. The molecule has 1 aliphatic heterocycles. The number of benzene rings is 1. The molecule has 0 radical (unpaired) electrons. The number of carbonyl (C=O) groups excluding carboxylic acids is 1. The second-order valence-electron chi connectivity index (χ2n) is 4.89. The molecule has 0 spiro atoms. The number of amides is 1. The number of halogens is 1. The Bertz CT molecular complexity index is 442. The van der Waals surface area contributed by atoms with Gasteiger partial charge in [0.2, 0.25) is 5.91 Å². The molecule has 1 aliphatic rings. The molecule has 1 fully saturated rings. The third-order valence-electron chi connectivity index (χ3n) is 3.22. The summed E-state index contributed by atoms with van der Waals surface area (Å²) < 4.78 is 5.40. The lowest BCUT2D eigenvalue weighted by Crippen LogP contribution is -2.51. The van der Waals surface area contributed by atoms with E-state index in [1.807, 2.05) is 36.1 Å². The zero-order chi connectivity index (χ0) is 14.4. The molecule has 1 aromatic carbocycles. The molecule has 1 aromatic rings. The first kappa shape index (κ1) is 18.1. The molecular weight excluding hydrogens is 308 g/mol. The van der Waals surface area contributed by atoms with E-state index in [0.29, 0.717) is 18.4 Å². The van der Waals surface area contributed by atoms with Crippen LogP contribution in [0.3, 0.4) is 0 Å². The van der Waals surface area contributed by atoms with Crippen molar-refractivity contribution in [2.45, 2.75) is 24.8 Å². The normalized spacial score (nSPS) is 18.0. The molecule has 1 heterocycles. The Hall–Kier alpha value is -0.910. The van der Waals surface area contributed by atoms with Gasteiger partial charge in [-0.3, -0.25) is 4.79 Å². The smallest absolute Gasteiger partial charge is 0.233 e. The highest BCUT2D eigenvalue weighted by molar-refractivity contribution is 8.00. The van der Waals surface area contributed by atoms with Gasteiger partial charge in [0.25, 0.3) is 0 Å². The molecule has 0 aliphatic carbocycles. The Kier molecular flexibility index (Phi) is 7.93. The van der Waals surface area contributed by atoms with Gasteiger partial charge in [-0.05, 0) is 38.1 Å². The highest BCUT2D eigenvalue weighted by Gasteiger charge is 2.20. The first-order valence-electron chi connectivity index (χ1n) is 7.06. The van der Waals surface area contributed by atoms with Crippen molar-refractivity contribution in [3.8, 4) is 5.75 Å². The van der Waals surface area contributed by atoms with E-state index in [4.69, 9.17) is 4.74 Å². The Morgan fingerprint density at radius 3 is 2.76 bits per heavy atom. The van der Waals surface area contributed by atoms with E-state index < -0.39 is 0 Å². The minimum atomic E-state index is 0. The number of hydrogen-bond acceptors (Lipinski definition) is 4. The van der Waals surface area contributed by atoms with Crippen LogP contribution in [0.25, 0.3) is 0 Å². The molecule has 0 saturated carbocycles. The highest BCUT2D eigenvalue weighted by atomic mass is 35.5. The van der Waals surface area contributed by atoms with Crippen LogP contribution in [-0.4, -0.2) is 48.8 Å². The molecule has 21 heavy (non-hydrogen) atoms. The number of hydrogen-bond donors (Lipinski definition) is 1. The number of thioether (sulfide) groups is 1. The Labute approximate surface area is 137 Å². The van der Waals surface area contributed by atoms with E-state index in [1.165, 1.54) is 0 Å². The van der Waals surface area contributed by atoms with E-state index in [-0.39, 0.29) is 18.3 Å². The summed E-state index contributed by atoms with van der Waals surface area (Å²) in [4.78, 5) is 15.2. The van der Waals surface area contributed by atoms with Gasteiger partial charge < -0.3 is 15.0 Å². The lowest BCUT2D eigenvalue weighted by Gasteiger charge is -2.31. The third-order valence-corrected chi connectivity index (χ3v) is 4.22. The predicted octanol–water partition coefficient (Wildman–Crippen LogP) is 2.42. The topological polar surface area (TPSA) is 41.6 Å². The molecule has 1 saturated heterocycles. The standard InChI is InChI=1S/C15H22N2O2S.ClH/c1-3-19-13-4-6-14(7-5-13)20-11-15(18)17-9-8-16-12(2)10-17;/h4-7,12,16H,3,8-11H2,1-2H3;1H. The summed E-state index contributed by atoms with van der Waals surface area (Å²) in [6.45, 7) is 7.26. The summed E-state index contributed by atoms with van der Waals surface area (Å²) in [5.41, 5.74) is 0. The van der Waals surface area contributed by atoms with Gasteiger partial charge in [-0.1, -0.05) is 0 Å². The van der Waals surface area contributed by atoms with Crippen molar-refractivity contribution in [3.05, 3.63) is 24.3 Å². The molecule has 1 amide bonds. The number of piperazine rings is 1. The van der Waals surface area contributed by atoms with Crippen molar-refractivity contribution in [1.82, 2.24) is 10.2 Å². The summed E-state index contributed by atoms with van der Waals surface area (Å²) in [6, 6.07) is 8.29. The van der Waals surface area contributed by atoms with Crippen molar-refractivity contribution in [3.63, 3.8) is 0 Å². The van der Waals surface area contributed by atoms with Crippen molar-refractivity contribution < 1.29 is 9.53 Å². The largest absolute Gasteiger partial charge is 0.494 e. The van der Waals surface area contributed by atoms with Crippen molar-refractivity contribution in [2.75, 3.05) is 32.0 Å². The molecule has 1 N–H and O–H groups in total. The zero-order valence-electron chi connectivity index (χ0n) is 12.5. The summed E-state index contributed by atoms with van der Waals surface area (Å²) in [5.74, 6) is 1.59. The van der Waals surface area contributed by atoms with Crippen LogP contribution in [0.2, 0.25) is 0 Å². The van der Waals surface area contributed by atoms with Crippen LogP contribution in [0.4, 0.5) is 0 Å². The summed E-state index contributed by atoms with van der Waals surface area (Å²) in [7, 11) is 0. The fraction of sp³-hybridized carbons (Fsp3) is 0.533. The number of ether oxygens (including phenoxy) is 1. The molecule has 2 rings (SSSR count). The fourth-order valence-electron chi connectivity index (χ4n) is 2.19. The SMILES string of the molecule is CCOc1ccc(SCC(=O)N2CCNC(C)C2)cc1.Cl. The average molecular weight is 331 g/mol. The van der Waals surface area contributed by atoms with Gasteiger partial charge in [0.05, 0.1) is 12.4 Å². The van der Waals surface area contributed by atoms with Gasteiger partial charge in [0.15, 0.2) is 0 Å². The van der Waals surface area contributed by atoms with Crippen molar-refractivity contribution in [2.24, 2.45) is 0 Å². The summed E-state index contributed by atoms with van der Waals surface area (Å²) in [5, 5.41) is 3.34. The molecule has 6 heteroatoms. The summed E-state index contributed by atoms with van der Waals surface area (Å²) >= 11 is 1.58. The van der Waals surface area contributed by atoms with Gasteiger partial charge in [0.1, 0.15) is 5.75 Å². The van der Waals surface area contributed by atoms with Crippen LogP contribution in [-0.2, 0) is 4.79 Å². The summed E-state index contributed by atoms with van der Waals surface area (Å²) in [6.07, 6.45) is 0. The van der Waals surface area contributed by atoms with Gasteiger partial charge >= 0.3 is 0 Å².